The highest BCUT2D eigenvalue weighted by molar-refractivity contribution is 5.68. The summed E-state index contributed by atoms with van der Waals surface area (Å²) in [6.45, 7) is 3.57. The lowest BCUT2D eigenvalue weighted by Gasteiger charge is -1.83. The topological polar surface area (TPSA) is 37.3 Å². The van der Waals surface area contributed by atoms with Crippen LogP contribution in [-0.4, -0.2) is 11.1 Å². The summed E-state index contributed by atoms with van der Waals surface area (Å²) in [7, 11) is 0. The molecule has 66 valence electrons. The highest BCUT2D eigenvalue weighted by Gasteiger charge is 1.86. The Morgan fingerprint density at radius 3 is 2.33 bits per heavy atom. The summed E-state index contributed by atoms with van der Waals surface area (Å²) >= 11 is 0. The molecule has 0 fully saturated rings. The van der Waals surface area contributed by atoms with E-state index in [1.807, 2.05) is 24.3 Å². The highest BCUT2D eigenvalue weighted by Crippen LogP contribution is 1.91. The highest BCUT2D eigenvalue weighted by atomic mass is 16.4. The molecule has 0 saturated heterocycles. The molecule has 1 N–H and O–H groups in total. The van der Waals surface area contributed by atoms with E-state index in [0.29, 0.717) is 0 Å². The molecule has 0 saturated carbocycles. The molecule has 0 radical (unpaired) electrons. The second kappa shape index (κ2) is 7.79. The maximum Gasteiger partial charge on any atom is 0.307 e. The summed E-state index contributed by atoms with van der Waals surface area (Å²) in [5.74, 6) is -0.790. The van der Waals surface area contributed by atoms with Gasteiger partial charge in [-0.1, -0.05) is 30.4 Å². The molecule has 2 nitrogen and oxygen atoms in total. The van der Waals surface area contributed by atoms with Crippen molar-refractivity contribution < 1.29 is 9.90 Å². The van der Waals surface area contributed by atoms with Gasteiger partial charge in [-0.3, -0.25) is 4.79 Å². The fraction of sp³-hybridized carbons (Fsp3) is 0.300. The molecule has 0 aromatic heterocycles. The lowest BCUT2D eigenvalue weighted by Crippen LogP contribution is -1.89. The van der Waals surface area contributed by atoms with Crippen molar-refractivity contribution in [2.75, 3.05) is 0 Å². The monoisotopic (exact) mass is 166 g/mol. The van der Waals surface area contributed by atoms with Gasteiger partial charge in [0.1, 0.15) is 0 Å². The Labute approximate surface area is 72.9 Å². The van der Waals surface area contributed by atoms with Gasteiger partial charge in [-0.15, -0.1) is 6.58 Å². The van der Waals surface area contributed by atoms with Crippen LogP contribution < -0.4 is 0 Å². The number of carboxylic acids is 1. The van der Waals surface area contributed by atoms with E-state index in [0.717, 1.165) is 12.8 Å². The Balaban J connectivity index is 3.35. The summed E-state index contributed by atoms with van der Waals surface area (Å²) in [6.07, 6.45) is 11.1. The van der Waals surface area contributed by atoms with Gasteiger partial charge in [0.2, 0.25) is 0 Å². The Bertz CT molecular complexity index is 190. The van der Waals surface area contributed by atoms with Gasteiger partial charge in [0.15, 0.2) is 0 Å². The molecule has 0 unspecified atom stereocenters. The SMILES string of the molecule is C=CC/C=C\C/C=C\CC(=O)O. The molecule has 0 aliphatic heterocycles. The largest absolute Gasteiger partial charge is 0.481 e. The molecule has 0 aliphatic rings. The maximum atomic E-state index is 10.1. The molecule has 0 amide bonds. The first-order chi connectivity index (χ1) is 5.77. The van der Waals surface area contributed by atoms with E-state index >= 15 is 0 Å². The molecular weight excluding hydrogens is 152 g/mol. The molecule has 0 rings (SSSR count). The van der Waals surface area contributed by atoms with E-state index in [-0.39, 0.29) is 6.42 Å². The molecule has 0 aliphatic carbocycles. The van der Waals surface area contributed by atoms with Gasteiger partial charge in [0, 0.05) is 0 Å². The zero-order valence-corrected chi connectivity index (χ0v) is 7.07. The van der Waals surface area contributed by atoms with Crippen LogP contribution >= 0.6 is 0 Å². The van der Waals surface area contributed by atoms with Crippen molar-refractivity contribution in [3.8, 4) is 0 Å². The van der Waals surface area contributed by atoms with Crippen LogP contribution in [0.5, 0.6) is 0 Å². The van der Waals surface area contributed by atoms with Crippen LogP contribution in [0.2, 0.25) is 0 Å². The Hall–Kier alpha value is -1.31. The second-order valence-corrected chi connectivity index (χ2v) is 2.30. The second-order valence-electron chi connectivity index (χ2n) is 2.30. The van der Waals surface area contributed by atoms with Crippen molar-refractivity contribution in [1.29, 1.82) is 0 Å². The first-order valence-corrected chi connectivity index (χ1v) is 3.90. The van der Waals surface area contributed by atoms with Crippen LogP contribution in [-0.2, 0) is 4.79 Å². The number of hydrogen-bond donors (Lipinski definition) is 1. The third-order valence-electron chi connectivity index (χ3n) is 1.20. The van der Waals surface area contributed by atoms with Crippen LogP contribution in [0.4, 0.5) is 0 Å². The van der Waals surface area contributed by atoms with E-state index in [2.05, 4.69) is 6.58 Å². The van der Waals surface area contributed by atoms with Crippen molar-refractivity contribution in [2.24, 2.45) is 0 Å². The van der Waals surface area contributed by atoms with Crippen LogP contribution in [0.25, 0.3) is 0 Å². The van der Waals surface area contributed by atoms with Gasteiger partial charge >= 0.3 is 5.97 Å². The normalized spacial score (nSPS) is 11.0. The zero-order valence-electron chi connectivity index (χ0n) is 7.07. The molecule has 0 aromatic carbocycles. The molecule has 0 heterocycles. The average molecular weight is 166 g/mol. The molecular formula is C10H14O2. The van der Waals surface area contributed by atoms with Gasteiger partial charge < -0.3 is 5.11 Å². The van der Waals surface area contributed by atoms with Crippen LogP contribution in [0.3, 0.4) is 0 Å². The average Bonchev–Trinajstić information content (AvgIpc) is 2.02. The lowest BCUT2D eigenvalue weighted by molar-refractivity contribution is -0.136. The predicted molar refractivity (Wildman–Crippen MR) is 50.0 cm³/mol. The number of aliphatic carboxylic acids is 1. The van der Waals surface area contributed by atoms with E-state index in [1.54, 1.807) is 6.08 Å². The smallest absolute Gasteiger partial charge is 0.307 e. The summed E-state index contributed by atoms with van der Waals surface area (Å²) in [6, 6.07) is 0. The van der Waals surface area contributed by atoms with Gasteiger partial charge in [-0.05, 0) is 12.8 Å². The third kappa shape index (κ3) is 8.69. The molecule has 2 heteroatoms. The molecule has 0 bridgehead atoms. The number of allylic oxidation sites excluding steroid dienone is 4. The van der Waals surface area contributed by atoms with Gasteiger partial charge in [-0.25, -0.2) is 0 Å². The van der Waals surface area contributed by atoms with Gasteiger partial charge in [-0.2, -0.15) is 0 Å². The summed E-state index contributed by atoms with van der Waals surface area (Å²) in [4.78, 5) is 10.1. The number of rotatable bonds is 6. The van der Waals surface area contributed by atoms with E-state index in [1.165, 1.54) is 0 Å². The number of carboxylic acid groups (broad SMARTS) is 1. The summed E-state index contributed by atoms with van der Waals surface area (Å²) < 4.78 is 0. The zero-order chi connectivity index (χ0) is 9.23. The standard InChI is InChI=1S/C10H14O2/c1-2-3-4-5-6-7-8-9-10(11)12/h2,4-5,7-8H,1,3,6,9H2,(H,11,12)/b5-4-,8-7-. The summed E-state index contributed by atoms with van der Waals surface area (Å²) in [5.41, 5.74) is 0. The Morgan fingerprint density at radius 2 is 1.75 bits per heavy atom. The molecule has 0 atom stereocenters. The minimum Gasteiger partial charge on any atom is -0.481 e. The molecule has 0 aromatic rings. The van der Waals surface area contributed by atoms with Crippen molar-refractivity contribution >= 4 is 5.97 Å². The minimum atomic E-state index is -0.790. The minimum absolute atomic E-state index is 0.106. The first-order valence-electron chi connectivity index (χ1n) is 3.90. The Morgan fingerprint density at radius 1 is 1.17 bits per heavy atom. The van der Waals surface area contributed by atoms with E-state index in [4.69, 9.17) is 5.11 Å². The van der Waals surface area contributed by atoms with Crippen molar-refractivity contribution in [3.05, 3.63) is 37.0 Å². The number of carbonyl (C=O) groups is 1. The van der Waals surface area contributed by atoms with Gasteiger partial charge in [0.05, 0.1) is 6.42 Å². The first kappa shape index (κ1) is 10.7. The van der Waals surface area contributed by atoms with Crippen molar-refractivity contribution in [3.63, 3.8) is 0 Å². The third-order valence-corrected chi connectivity index (χ3v) is 1.20. The van der Waals surface area contributed by atoms with Crippen LogP contribution in [0.15, 0.2) is 37.0 Å². The van der Waals surface area contributed by atoms with Gasteiger partial charge in [0.25, 0.3) is 0 Å². The lowest BCUT2D eigenvalue weighted by atomic mass is 10.3. The van der Waals surface area contributed by atoms with E-state index < -0.39 is 5.97 Å². The summed E-state index contributed by atoms with van der Waals surface area (Å²) in [5, 5.41) is 8.27. The Kier molecular flexibility index (Phi) is 6.94. The maximum absolute atomic E-state index is 10.1. The molecule has 12 heavy (non-hydrogen) atoms. The molecule has 0 spiro atoms. The number of hydrogen-bond acceptors (Lipinski definition) is 1. The van der Waals surface area contributed by atoms with Crippen molar-refractivity contribution in [1.82, 2.24) is 0 Å². The van der Waals surface area contributed by atoms with Crippen LogP contribution in [0.1, 0.15) is 19.3 Å². The fourth-order valence-electron chi connectivity index (χ4n) is 0.648. The van der Waals surface area contributed by atoms with Crippen molar-refractivity contribution in [2.45, 2.75) is 19.3 Å². The predicted octanol–water partition coefficient (Wildman–Crippen LogP) is 2.54. The fourth-order valence-corrected chi connectivity index (χ4v) is 0.648. The quantitative estimate of drug-likeness (QED) is 0.615. The van der Waals surface area contributed by atoms with E-state index in [9.17, 15) is 4.79 Å². The van der Waals surface area contributed by atoms with Crippen LogP contribution in [0, 0.1) is 0 Å².